The lowest BCUT2D eigenvalue weighted by Crippen LogP contribution is -2.14. The molecule has 0 atom stereocenters. The third kappa shape index (κ3) is 4.74. The van der Waals surface area contributed by atoms with Crippen molar-refractivity contribution in [3.05, 3.63) is 101 Å². The van der Waals surface area contributed by atoms with E-state index < -0.39 is 5.97 Å². The number of fused-ring (bicyclic) bond motifs is 1. The van der Waals surface area contributed by atoms with E-state index in [9.17, 15) is 9.59 Å². The van der Waals surface area contributed by atoms with Gasteiger partial charge in [0.15, 0.2) is 0 Å². The van der Waals surface area contributed by atoms with Crippen molar-refractivity contribution in [3.63, 3.8) is 0 Å². The number of carbonyl (C=O) groups is 2. The number of hydrogen-bond donors (Lipinski definition) is 1. The molecule has 0 fully saturated rings. The van der Waals surface area contributed by atoms with Crippen molar-refractivity contribution in [2.24, 2.45) is 0 Å². The standard InChI is InChI=1S/C25H17N3O3/c1-31-25(30)19-8-4-6-17(14-19)12-13-18-7-5-9-20(15-18)27-24(29)23-16-26-21-10-2-3-11-22(21)28-23/h2-11,14-16H,1H3,(H,27,29). The molecule has 1 amide bonds. The number of esters is 1. The Bertz CT molecular complexity index is 1350. The number of aromatic nitrogens is 2. The maximum Gasteiger partial charge on any atom is 0.337 e. The third-order valence-electron chi connectivity index (χ3n) is 4.44. The Labute approximate surface area is 178 Å². The predicted octanol–water partition coefficient (Wildman–Crippen LogP) is 4.07. The number of nitrogens with zero attached hydrogens (tertiary/aromatic N) is 2. The lowest BCUT2D eigenvalue weighted by atomic mass is 10.1. The molecule has 0 saturated heterocycles. The first-order valence-corrected chi connectivity index (χ1v) is 9.46. The average molecular weight is 407 g/mol. The van der Waals surface area contributed by atoms with Gasteiger partial charge in [-0.1, -0.05) is 36.1 Å². The van der Waals surface area contributed by atoms with Crippen LogP contribution in [0.15, 0.2) is 79.0 Å². The Morgan fingerprint density at radius 1 is 0.871 bits per heavy atom. The zero-order chi connectivity index (χ0) is 21.6. The third-order valence-corrected chi connectivity index (χ3v) is 4.44. The van der Waals surface area contributed by atoms with E-state index in [1.54, 1.807) is 36.4 Å². The van der Waals surface area contributed by atoms with Crippen LogP contribution in [0.1, 0.15) is 32.0 Å². The van der Waals surface area contributed by atoms with E-state index in [0.717, 1.165) is 5.52 Å². The highest BCUT2D eigenvalue weighted by Crippen LogP contribution is 2.13. The van der Waals surface area contributed by atoms with Gasteiger partial charge in [0.2, 0.25) is 0 Å². The molecule has 0 saturated carbocycles. The fourth-order valence-corrected chi connectivity index (χ4v) is 2.92. The Morgan fingerprint density at radius 2 is 1.58 bits per heavy atom. The van der Waals surface area contributed by atoms with Gasteiger partial charge in [0.1, 0.15) is 5.69 Å². The van der Waals surface area contributed by atoms with Gasteiger partial charge >= 0.3 is 5.97 Å². The highest BCUT2D eigenvalue weighted by atomic mass is 16.5. The quantitative estimate of drug-likeness (QED) is 0.409. The summed E-state index contributed by atoms with van der Waals surface area (Å²) >= 11 is 0. The average Bonchev–Trinajstić information content (AvgIpc) is 2.82. The predicted molar refractivity (Wildman–Crippen MR) is 118 cm³/mol. The van der Waals surface area contributed by atoms with E-state index >= 15 is 0 Å². The van der Waals surface area contributed by atoms with Crippen LogP contribution in [0, 0.1) is 11.8 Å². The van der Waals surface area contributed by atoms with E-state index in [1.165, 1.54) is 13.3 Å². The molecule has 0 radical (unpaired) electrons. The Kier molecular flexibility index (Phi) is 5.68. The summed E-state index contributed by atoms with van der Waals surface area (Å²) in [7, 11) is 1.34. The van der Waals surface area contributed by atoms with E-state index in [-0.39, 0.29) is 11.6 Å². The lowest BCUT2D eigenvalue weighted by molar-refractivity contribution is 0.0600. The smallest absolute Gasteiger partial charge is 0.337 e. The molecule has 0 aliphatic rings. The topological polar surface area (TPSA) is 81.2 Å². The summed E-state index contributed by atoms with van der Waals surface area (Å²) in [5.41, 5.74) is 4.04. The molecule has 0 unspecified atom stereocenters. The highest BCUT2D eigenvalue weighted by molar-refractivity contribution is 6.03. The second-order valence-electron chi connectivity index (χ2n) is 6.60. The number of nitrogens with one attached hydrogen (secondary N) is 1. The van der Waals surface area contributed by atoms with Crippen LogP contribution in [0.3, 0.4) is 0 Å². The molecule has 0 aliphatic heterocycles. The van der Waals surface area contributed by atoms with E-state index in [2.05, 4.69) is 27.1 Å². The van der Waals surface area contributed by atoms with Gasteiger partial charge in [-0.05, 0) is 48.5 Å². The van der Waals surface area contributed by atoms with Gasteiger partial charge in [-0.15, -0.1) is 0 Å². The second-order valence-corrected chi connectivity index (χ2v) is 6.60. The maximum absolute atomic E-state index is 12.6. The van der Waals surface area contributed by atoms with Crippen LogP contribution in [0.5, 0.6) is 0 Å². The van der Waals surface area contributed by atoms with Gasteiger partial charge in [-0.3, -0.25) is 9.78 Å². The molecule has 1 heterocycles. The van der Waals surface area contributed by atoms with E-state index in [4.69, 9.17) is 4.74 Å². The first kappa shape index (κ1) is 19.8. The summed E-state index contributed by atoms with van der Waals surface area (Å²) in [6, 6.07) is 21.4. The Morgan fingerprint density at radius 3 is 2.35 bits per heavy atom. The lowest BCUT2D eigenvalue weighted by Gasteiger charge is -2.06. The van der Waals surface area contributed by atoms with Crippen LogP contribution >= 0.6 is 0 Å². The summed E-state index contributed by atoms with van der Waals surface area (Å²) in [6.07, 6.45) is 1.45. The Hall–Kier alpha value is -4.50. The van der Waals surface area contributed by atoms with Crippen LogP contribution in [-0.4, -0.2) is 29.0 Å². The molecule has 1 N–H and O–H groups in total. The Balaban J connectivity index is 1.52. The number of hydrogen-bond acceptors (Lipinski definition) is 5. The van der Waals surface area contributed by atoms with Crippen molar-refractivity contribution in [2.75, 3.05) is 12.4 Å². The molecule has 0 spiro atoms. The van der Waals surface area contributed by atoms with Gasteiger partial charge in [-0.2, -0.15) is 0 Å². The van der Waals surface area contributed by atoms with Crippen LogP contribution < -0.4 is 5.32 Å². The number of rotatable bonds is 3. The van der Waals surface area contributed by atoms with Gasteiger partial charge in [0.25, 0.3) is 5.91 Å². The molecule has 6 heteroatoms. The molecule has 0 aliphatic carbocycles. The minimum absolute atomic E-state index is 0.231. The van der Waals surface area contributed by atoms with E-state index in [1.807, 2.05) is 36.4 Å². The van der Waals surface area contributed by atoms with Crippen molar-refractivity contribution in [1.29, 1.82) is 0 Å². The van der Waals surface area contributed by atoms with Gasteiger partial charge < -0.3 is 10.1 Å². The first-order valence-electron chi connectivity index (χ1n) is 9.46. The molecule has 4 aromatic rings. The highest BCUT2D eigenvalue weighted by Gasteiger charge is 2.10. The number of ether oxygens (including phenoxy) is 1. The molecule has 150 valence electrons. The summed E-state index contributed by atoms with van der Waals surface area (Å²) in [5.74, 6) is 5.30. The number of benzene rings is 3. The molecule has 6 nitrogen and oxygen atoms in total. The zero-order valence-electron chi connectivity index (χ0n) is 16.6. The van der Waals surface area contributed by atoms with Crippen molar-refractivity contribution >= 4 is 28.6 Å². The summed E-state index contributed by atoms with van der Waals surface area (Å²) in [5, 5.41) is 2.82. The summed E-state index contributed by atoms with van der Waals surface area (Å²) in [4.78, 5) is 32.9. The summed E-state index contributed by atoms with van der Waals surface area (Å²) in [6.45, 7) is 0. The number of amides is 1. The first-order chi connectivity index (χ1) is 15.1. The number of para-hydroxylation sites is 2. The fourth-order valence-electron chi connectivity index (χ4n) is 2.92. The van der Waals surface area contributed by atoms with Crippen LogP contribution in [0.25, 0.3) is 11.0 Å². The van der Waals surface area contributed by atoms with Crippen LogP contribution in [-0.2, 0) is 4.74 Å². The van der Waals surface area contributed by atoms with Gasteiger partial charge in [0, 0.05) is 16.8 Å². The number of anilines is 1. The number of methoxy groups -OCH3 is 1. The molecular formula is C25H17N3O3. The van der Waals surface area contributed by atoms with E-state index in [0.29, 0.717) is 27.9 Å². The van der Waals surface area contributed by atoms with Crippen molar-refractivity contribution in [2.45, 2.75) is 0 Å². The number of carbonyl (C=O) groups excluding carboxylic acids is 2. The van der Waals surface area contributed by atoms with Gasteiger partial charge in [0.05, 0.1) is 29.9 Å². The maximum atomic E-state index is 12.6. The van der Waals surface area contributed by atoms with Crippen molar-refractivity contribution < 1.29 is 14.3 Å². The molecule has 0 bridgehead atoms. The molecule has 31 heavy (non-hydrogen) atoms. The minimum atomic E-state index is -0.412. The zero-order valence-corrected chi connectivity index (χ0v) is 16.6. The minimum Gasteiger partial charge on any atom is -0.465 e. The van der Waals surface area contributed by atoms with Crippen LogP contribution in [0.4, 0.5) is 5.69 Å². The van der Waals surface area contributed by atoms with Gasteiger partial charge in [-0.25, -0.2) is 9.78 Å². The molecule has 1 aromatic heterocycles. The SMILES string of the molecule is COC(=O)c1cccc(C#Cc2cccc(NC(=O)c3cnc4ccccc4n3)c2)c1. The van der Waals surface area contributed by atoms with Crippen LogP contribution in [0.2, 0.25) is 0 Å². The van der Waals surface area contributed by atoms with Crippen molar-refractivity contribution in [3.8, 4) is 11.8 Å². The fraction of sp³-hybridized carbons (Fsp3) is 0.0400. The van der Waals surface area contributed by atoms with Crippen molar-refractivity contribution in [1.82, 2.24) is 9.97 Å². The largest absolute Gasteiger partial charge is 0.465 e. The molecule has 4 rings (SSSR count). The summed E-state index contributed by atoms with van der Waals surface area (Å²) < 4.78 is 4.73. The second kappa shape index (κ2) is 8.89. The molecule has 3 aromatic carbocycles. The normalized spacial score (nSPS) is 10.1. The monoisotopic (exact) mass is 407 g/mol. The molecular weight excluding hydrogens is 390 g/mol.